The fraction of sp³-hybridized carbons (Fsp3) is 0.933. The van der Waals surface area contributed by atoms with Crippen LogP contribution in [0.1, 0.15) is 120 Å². The zero-order valence-electron chi connectivity index (χ0n) is 22.1. The van der Waals surface area contributed by atoms with Crippen molar-refractivity contribution >= 4 is 0 Å². The SMILES string of the molecule is CC(C)=CCC[C@@H](C)[C@@H]1CC[C@]2(C)C3CC[C@H]4C(C)(C)[C@@H](O)CC[C@]4(C)C3CC[C@@]12C. The normalized spacial score (nSPS) is 49.5. The lowest BCUT2D eigenvalue weighted by molar-refractivity contribution is -0.200. The summed E-state index contributed by atoms with van der Waals surface area (Å²) in [6.07, 6.45) is 15.8. The predicted molar refractivity (Wildman–Crippen MR) is 133 cm³/mol. The molecule has 0 bridgehead atoms. The van der Waals surface area contributed by atoms with Gasteiger partial charge in [-0.15, -0.1) is 0 Å². The quantitative estimate of drug-likeness (QED) is 0.445. The Hall–Kier alpha value is -0.300. The zero-order valence-corrected chi connectivity index (χ0v) is 22.1. The molecule has 0 radical (unpaired) electrons. The summed E-state index contributed by atoms with van der Waals surface area (Å²) in [6, 6.07) is 0. The molecule has 4 fully saturated rings. The minimum Gasteiger partial charge on any atom is -0.393 e. The van der Waals surface area contributed by atoms with E-state index >= 15 is 0 Å². The third-order valence-corrected chi connectivity index (χ3v) is 12.4. The summed E-state index contributed by atoms with van der Waals surface area (Å²) in [6.45, 7) is 19.9. The highest BCUT2D eigenvalue weighted by Crippen LogP contribution is 2.74. The van der Waals surface area contributed by atoms with Crippen LogP contribution >= 0.6 is 0 Å². The van der Waals surface area contributed by atoms with Crippen molar-refractivity contribution in [3.8, 4) is 0 Å². The lowest BCUT2D eigenvalue weighted by atomic mass is 9.38. The summed E-state index contributed by atoms with van der Waals surface area (Å²) >= 11 is 0. The van der Waals surface area contributed by atoms with Gasteiger partial charge in [0.05, 0.1) is 6.10 Å². The van der Waals surface area contributed by atoms with Gasteiger partial charge in [-0.2, -0.15) is 0 Å². The molecule has 0 heterocycles. The number of allylic oxidation sites excluding steroid dienone is 2. The Morgan fingerprint density at radius 3 is 2.23 bits per heavy atom. The van der Waals surface area contributed by atoms with Crippen LogP contribution in [0.5, 0.6) is 0 Å². The van der Waals surface area contributed by atoms with Gasteiger partial charge in [-0.3, -0.25) is 0 Å². The van der Waals surface area contributed by atoms with Gasteiger partial charge in [-0.1, -0.05) is 53.2 Å². The Morgan fingerprint density at radius 2 is 1.55 bits per heavy atom. The molecule has 178 valence electrons. The molecule has 0 amide bonds. The molecule has 1 N–H and O–H groups in total. The Labute approximate surface area is 193 Å². The van der Waals surface area contributed by atoms with E-state index in [9.17, 15) is 5.11 Å². The molecule has 4 aliphatic rings. The van der Waals surface area contributed by atoms with E-state index in [1.54, 1.807) is 0 Å². The molecule has 0 aliphatic heterocycles. The summed E-state index contributed by atoms with van der Waals surface area (Å²) in [7, 11) is 0. The average Bonchev–Trinajstić information content (AvgIpc) is 2.96. The first-order chi connectivity index (χ1) is 14.4. The van der Waals surface area contributed by atoms with Crippen molar-refractivity contribution in [1.29, 1.82) is 0 Å². The maximum atomic E-state index is 10.8. The van der Waals surface area contributed by atoms with Crippen LogP contribution in [-0.4, -0.2) is 11.2 Å². The number of fused-ring (bicyclic) bond motifs is 5. The van der Waals surface area contributed by atoms with Gasteiger partial charge in [-0.05, 0) is 129 Å². The first-order valence-electron chi connectivity index (χ1n) is 13.7. The second kappa shape index (κ2) is 7.89. The van der Waals surface area contributed by atoms with Crippen molar-refractivity contribution in [2.75, 3.05) is 0 Å². The van der Waals surface area contributed by atoms with Gasteiger partial charge < -0.3 is 5.11 Å². The summed E-state index contributed by atoms with van der Waals surface area (Å²) in [4.78, 5) is 0. The highest BCUT2D eigenvalue weighted by molar-refractivity contribution is 5.16. The van der Waals surface area contributed by atoms with E-state index in [1.165, 1.54) is 63.4 Å². The van der Waals surface area contributed by atoms with Crippen molar-refractivity contribution in [3.63, 3.8) is 0 Å². The van der Waals surface area contributed by atoms with E-state index in [-0.39, 0.29) is 11.5 Å². The van der Waals surface area contributed by atoms with E-state index in [0.717, 1.165) is 30.1 Å². The molecule has 1 heteroatoms. The Bertz CT molecular complexity index is 701. The number of hydrogen-bond donors (Lipinski definition) is 1. The van der Waals surface area contributed by atoms with Gasteiger partial charge >= 0.3 is 0 Å². The summed E-state index contributed by atoms with van der Waals surface area (Å²) in [5, 5.41) is 10.8. The molecule has 0 aromatic rings. The van der Waals surface area contributed by atoms with Crippen LogP contribution in [0.15, 0.2) is 11.6 Å². The largest absolute Gasteiger partial charge is 0.393 e. The van der Waals surface area contributed by atoms with Crippen LogP contribution in [0.2, 0.25) is 0 Å². The molecule has 0 saturated heterocycles. The van der Waals surface area contributed by atoms with Crippen molar-refractivity contribution < 1.29 is 5.11 Å². The van der Waals surface area contributed by atoms with Gasteiger partial charge in [0.25, 0.3) is 0 Å². The van der Waals surface area contributed by atoms with Crippen molar-refractivity contribution in [2.24, 2.45) is 51.2 Å². The number of aliphatic hydroxyl groups is 1. The molecule has 9 atom stereocenters. The molecule has 0 aromatic carbocycles. The van der Waals surface area contributed by atoms with Crippen LogP contribution in [0, 0.1) is 51.2 Å². The third kappa shape index (κ3) is 3.41. The van der Waals surface area contributed by atoms with Crippen LogP contribution in [0.4, 0.5) is 0 Å². The monoisotopic (exact) mass is 428 g/mol. The van der Waals surface area contributed by atoms with E-state index < -0.39 is 0 Å². The molecule has 0 aromatic heterocycles. The molecular weight excluding hydrogens is 376 g/mol. The fourth-order valence-corrected chi connectivity index (χ4v) is 10.3. The third-order valence-electron chi connectivity index (χ3n) is 12.4. The maximum absolute atomic E-state index is 10.8. The molecule has 31 heavy (non-hydrogen) atoms. The summed E-state index contributed by atoms with van der Waals surface area (Å²) < 4.78 is 0. The van der Waals surface area contributed by atoms with E-state index in [4.69, 9.17) is 0 Å². The molecule has 2 unspecified atom stereocenters. The number of aliphatic hydroxyl groups excluding tert-OH is 1. The molecule has 1 nitrogen and oxygen atoms in total. The average molecular weight is 429 g/mol. The van der Waals surface area contributed by atoms with Gasteiger partial charge in [0.1, 0.15) is 0 Å². The molecule has 4 aliphatic carbocycles. The van der Waals surface area contributed by atoms with Crippen molar-refractivity contribution in [2.45, 2.75) is 126 Å². The summed E-state index contributed by atoms with van der Waals surface area (Å²) in [5.41, 5.74) is 3.02. The standard InChI is InChI=1S/C30H52O/c1-20(2)10-9-11-21(3)22-14-18-30(8)24-12-13-25-27(4,5)26(31)16-17-28(25,6)23(24)15-19-29(22,30)7/h10,21-26,31H,9,11-19H2,1-8H3/t21-,22+,23?,24?,25+,26+,28-,29+,30-/m1/s1. The second-order valence-electron chi connectivity index (χ2n) is 14.1. The lowest BCUT2D eigenvalue weighted by Gasteiger charge is -2.67. The van der Waals surface area contributed by atoms with Gasteiger partial charge in [-0.25, -0.2) is 0 Å². The number of hydrogen-bond acceptors (Lipinski definition) is 1. The minimum atomic E-state index is -0.107. The molecule has 4 rings (SSSR count). The minimum absolute atomic E-state index is 0.0806. The topological polar surface area (TPSA) is 20.2 Å². The summed E-state index contributed by atoms with van der Waals surface area (Å²) in [5.74, 6) is 4.20. The first-order valence-corrected chi connectivity index (χ1v) is 13.7. The smallest absolute Gasteiger partial charge is 0.0594 e. The van der Waals surface area contributed by atoms with E-state index in [2.05, 4.69) is 61.5 Å². The van der Waals surface area contributed by atoms with Crippen LogP contribution in [0.25, 0.3) is 0 Å². The van der Waals surface area contributed by atoms with Crippen molar-refractivity contribution in [3.05, 3.63) is 11.6 Å². The zero-order chi connectivity index (χ0) is 22.8. The van der Waals surface area contributed by atoms with E-state index in [1.807, 2.05) is 0 Å². The number of rotatable bonds is 4. The Balaban J connectivity index is 1.58. The van der Waals surface area contributed by atoms with Crippen LogP contribution in [0.3, 0.4) is 0 Å². The van der Waals surface area contributed by atoms with Crippen LogP contribution < -0.4 is 0 Å². The lowest BCUT2D eigenvalue weighted by Crippen LogP contribution is -2.61. The second-order valence-corrected chi connectivity index (χ2v) is 14.1. The molecule has 0 spiro atoms. The van der Waals surface area contributed by atoms with Crippen molar-refractivity contribution in [1.82, 2.24) is 0 Å². The highest BCUT2D eigenvalue weighted by Gasteiger charge is 2.67. The maximum Gasteiger partial charge on any atom is 0.0594 e. The fourth-order valence-electron chi connectivity index (χ4n) is 10.3. The van der Waals surface area contributed by atoms with Gasteiger partial charge in [0.2, 0.25) is 0 Å². The van der Waals surface area contributed by atoms with Crippen LogP contribution in [-0.2, 0) is 0 Å². The predicted octanol–water partition coefficient (Wildman–Crippen LogP) is 8.41. The van der Waals surface area contributed by atoms with E-state index in [0.29, 0.717) is 22.2 Å². The highest BCUT2D eigenvalue weighted by atomic mass is 16.3. The first kappa shape index (κ1) is 23.8. The van der Waals surface area contributed by atoms with Gasteiger partial charge in [0, 0.05) is 0 Å². The Morgan fingerprint density at radius 1 is 0.871 bits per heavy atom. The molecular formula is C30H52O. The van der Waals surface area contributed by atoms with Gasteiger partial charge in [0.15, 0.2) is 0 Å². The molecule has 4 saturated carbocycles. The Kier molecular flexibility index (Phi) is 6.07.